The molecule has 170 valence electrons. The first-order valence-electron chi connectivity index (χ1n) is 10.9. The van der Waals surface area contributed by atoms with Gasteiger partial charge in [0.1, 0.15) is 11.4 Å². The van der Waals surface area contributed by atoms with Gasteiger partial charge in [-0.1, -0.05) is 29.8 Å². The molecule has 0 radical (unpaired) electrons. The number of nitrogens with one attached hydrogen (secondary N) is 1. The number of carbonyl (C=O) groups excluding carboxylic acids is 1. The van der Waals surface area contributed by atoms with Gasteiger partial charge in [-0.05, 0) is 50.9 Å². The number of amides is 1. The van der Waals surface area contributed by atoms with Crippen LogP contribution in [0.25, 0.3) is 10.2 Å². The van der Waals surface area contributed by atoms with Crippen molar-refractivity contribution in [3.05, 3.63) is 51.7 Å². The van der Waals surface area contributed by atoms with Crippen LogP contribution in [0.2, 0.25) is 0 Å². The van der Waals surface area contributed by atoms with Crippen molar-refractivity contribution in [2.24, 2.45) is 0 Å². The second kappa shape index (κ2) is 9.94. The number of thiophene rings is 1. The molecule has 4 rings (SSSR count). The summed E-state index contributed by atoms with van der Waals surface area (Å²) < 4.78 is 10.6. The van der Waals surface area contributed by atoms with Crippen molar-refractivity contribution < 1.29 is 14.3 Å². The highest BCUT2D eigenvalue weighted by atomic mass is 32.1. The van der Waals surface area contributed by atoms with E-state index in [0.717, 1.165) is 28.9 Å². The minimum Gasteiger partial charge on any atom is -0.480 e. The lowest BCUT2D eigenvalue weighted by molar-refractivity contribution is 0.0941. The summed E-state index contributed by atoms with van der Waals surface area (Å²) in [5.74, 6) is 0.931. The topological polar surface area (TPSA) is 76.6 Å². The molecule has 32 heavy (non-hydrogen) atoms. The largest absolute Gasteiger partial charge is 0.480 e. The van der Waals surface area contributed by atoms with Gasteiger partial charge in [0.15, 0.2) is 5.82 Å². The van der Waals surface area contributed by atoms with E-state index in [9.17, 15) is 4.79 Å². The summed E-state index contributed by atoms with van der Waals surface area (Å²) in [5, 5.41) is 3.97. The number of hydrogen-bond donors (Lipinski definition) is 1. The maximum absolute atomic E-state index is 13.2. The van der Waals surface area contributed by atoms with E-state index in [1.165, 1.54) is 35.3 Å². The Morgan fingerprint density at radius 1 is 1.16 bits per heavy atom. The number of carbonyl (C=O) groups is 1. The molecule has 0 saturated carbocycles. The summed E-state index contributed by atoms with van der Waals surface area (Å²) in [6, 6.07) is 8.79. The highest BCUT2D eigenvalue weighted by Gasteiger charge is 2.26. The molecule has 1 aliphatic heterocycles. The minimum absolute atomic E-state index is 0.0860. The quantitative estimate of drug-likeness (QED) is 0.554. The molecule has 1 saturated heterocycles. The number of fused-ring (bicyclic) bond motifs is 1. The molecule has 7 nitrogen and oxygen atoms in total. The Morgan fingerprint density at radius 2 is 1.88 bits per heavy atom. The molecule has 1 unspecified atom stereocenters. The lowest BCUT2D eigenvalue weighted by Gasteiger charge is -2.28. The second-order valence-corrected chi connectivity index (χ2v) is 9.20. The summed E-state index contributed by atoms with van der Waals surface area (Å²) >= 11 is 1.37. The lowest BCUT2D eigenvalue weighted by Crippen LogP contribution is -2.36. The van der Waals surface area contributed by atoms with Gasteiger partial charge in [0.05, 0.1) is 23.4 Å². The van der Waals surface area contributed by atoms with Gasteiger partial charge in [0.2, 0.25) is 5.88 Å². The molecule has 0 aliphatic carbocycles. The van der Waals surface area contributed by atoms with E-state index in [4.69, 9.17) is 9.47 Å². The number of hydrogen-bond acceptors (Lipinski definition) is 7. The van der Waals surface area contributed by atoms with E-state index in [-0.39, 0.29) is 11.9 Å². The molecule has 3 aromatic rings. The highest BCUT2D eigenvalue weighted by Crippen LogP contribution is 2.35. The maximum Gasteiger partial charge on any atom is 0.261 e. The Balaban J connectivity index is 1.58. The molecule has 1 atom stereocenters. The Bertz CT molecular complexity index is 1090. The summed E-state index contributed by atoms with van der Waals surface area (Å²) in [4.78, 5) is 26.1. The van der Waals surface area contributed by atoms with Crippen LogP contribution >= 0.6 is 11.3 Å². The average molecular weight is 455 g/mol. The van der Waals surface area contributed by atoms with Crippen molar-refractivity contribution in [3.8, 4) is 5.88 Å². The standard InChI is InChI=1S/C24H30N4O3S/c1-15-7-9-17(10-8-15)18(28-11-5-6-12-28)13-25-22(29)21-16(2)20-23(31-4)26-19(14-30-3)27-24(20)32-21/h7-10,18H,5-6,11-14H2,1-4H3,(H,25,29). The van der Waals surface area contributed by atoms with E-state index >= 15 is 0 Å². The molecule has 1 aliphatic rings. The first kappa shape index (κ1) is 22.6. The minimum atomic E-state index is -0.0860. The summed E-state index contributed by atoms with van der Waals surface area (Å²) in [6.07, 6.45) is 2.40. The molecule has 1 aromatic carbocycles. The van der Waals surface area contributed by atoms with Crippen molar-refractivity contribution in [1.29, 1.82) is 0 Å². The van der Waals surface area contributed by atoms with E-state index < -0.39 is 0 Å². The van der Waals surface area contributed by atoms with Crippen LogP contribution in [-0.2, 0) is 11.3 Å². The van der Waals surface area contributed by atoms with Gasteiger partial charge < -0.3 is 14.8 Å². The molecule has 8 heteroatoms. The predicted octanol–water partition coefficient (Wildman–Crippen LogP) is 4.03. The molecule has 1 N–H and O–H groups in total. The Kier molecular flexibility index (Phi) is 7.03. The average Bonchev–Trinajstić information content (AvgIpc) is 3.43. The zero-order valence-electron chi connectivity index (χ0n) is 19.1. The number of benzene rings is 1. The third-order valence-corrected chi connectivity index (χ3v) is 7.16. The van der Waals surface area contributed by atoms with Crippen molar-refractivity contribution >= 4 is 27.5 Å². The smallest absolute Gasteiger partial charge is 0.261 e. The number of aryl methyl sites for hydroxylation is 2. The van der Waals surface area contributed by atoms with Crippen LogP contribution in [0.1, 0.15) is 51.1 Å². The fraction of sp³-hybridized carbons (Fsp3) is 0.458. The summed E-state index contributed by atoms with van der Waals surface area (Å²) in [5.41, 5.74) is 3.32. The van der Waals surface area contributed by atoms with Crippen LogP contribution in [0.3, 0.4) is 0 Å². The van der Waals surface area contributed by atoms with Crippen molar-refractivity contribution in [1.82, 2.24) is 20.2 Å². The normalized spacial score (nSPS) is 15.2. The number of nitrogens with zero attached hydrogens (tertiary/aromatic N) is 3. The van der Waals surface area contributed by atoms with Crippen molar-refractivity contribution in [3.63, 3.8) is 0 Å². The molecule has 0 bridgehead atoms. The maximum atomic E-state index is 13.2. The van der Waals surface area contributed by atoms with Gasteiger partial charge in [0.25, 0.3) is 5.91 Å². The van der Waals surface area contributed by atoms with Gasteiger partial charge in [-0.2, -0.15) is 4.98 Å². The van der Waals surface area contributed by atoms with Gasteiger partial charge >= 0.3 is 0 Å². The van der Waals surface area contributed by atoms with Gasteiger partial charge in [-0.15, -0.1) is 11.3 Å². The van der Waals surface area contributed by atoms with Crippen LogP contribution in [0, 0.1) is 13.8 Å². The van der Waals surface area contributed by atoms with Crippen molar-refractivity contribution in [2.45, 2.75) is 39.3 Å². The third-order valence-electron chi connectivity index (χ3n) is 5.98. The van der Waals surface area contributed by atoms with Crippen LogP contribution < -0.4 is 10.1 Å². The molecule has 1 fully saturated rings. The first-order valence-corrected chi connectivity index (χ1v) is 11.7. The number of likely N-dealkylation sites (tertiary alicyclic amines) is 1. The van der Waals surface area contributed by atoms with E-state index in [2.05, 4.69) is 51.4 Å². The van der Waals surface area contributed by atoms with E-state index in [0.29, 0.717) is 29.7 Å². The first-order chi connectivity index (χ1) is 15.5. The van der Waals surface area contributed by atoms with Gasteiger partial charge in [-0.3, -0.25) is 9.69 Å². The number of ether oxygens (including phenoxy) is 2. The van der Waals surface area contributed by atoms with Gasteiger partial charge in [-0.25, -0.2) is 4.98 Å². The monoisotopic (exact) mass is 454 g/mol. The second-order valence-electron chi connectivity index (χ2n) is 8.20. The Labute approximate surface area is 192 Å². The molecule has 1 amide bonds. The summed E-state index contributed by atoms with van der Waals surface area (Å²) in [7, 11) is 3.18. The fourth-order valence-electron chi connectivity index (χ4n) is 4.27. The molecule has 2 aromatic heterocycles. The van der Waals surface area contributed by atoms with E-state index in [1.807, 2.05) is 6.92 Å². The van der Waals surface area contributed by atoms with Crippen LogP contribution in [-0.4, -0.2) is 54.6 Å². The molecule has 0 spiro atoms. The van der Waals surface area contributed by atoms with Crippen LogP contribution in [0.15, 0.2) is 24.3 Å². The SMILES string of the molecule is COCc1nc(OC)c2c(C)c(C(=O)NCC(c3ccc(C)cc3)N3CCCC3)sc2n1. The van der Waals surface area contributed by atoms with E-state index in [1.54, 1.807) is 14.2 Å². The van der Waals surface area contributed by atoms with Gasteiger partial charge in [0, 0.05) is 13.7 Å². The fourth-order valence-corrected chi connectivity index (χ4v) is 5.38. The molecular weight excluding hydrogens is 424 g/mol. The third kappa shape index (κ3) is 4.62. The number of rotatable bonds is 8. The Morgan fingerprint density at radius 3 is 2.53 bits per heavy atom. The van der Waals surface area contributed by atoms with Crippen LogP contribution in [0.5, 0.6) is 5.88 Å². The highest BCUT2D eigenvalue weighted by molar-refractivity contribution is 7.20. The predicted molar refractivity (Wildman–Crippen MR) is 126 cm³/mol. The molecular formula is C24H30N4O3S. The van der Waals surface area contributed by atoms with Crippen LogP contribution in [0.4, 0.5) is 0 Å². The molecule has 3 heterocycles. The zero-order valence-corrected chi connectivity index (χ0v) is 19.9. The number of aromatic nitrogens is 2. The zero-order chi connectivity index (χ0) is 22.7. The number of methoxy groups -OCH3 is 2. The lowest BCUT2D eigenvalue weighted by atomic mass is 10.0. The Hall–Kier alpha value is -2.55. The van der Waals surface area contributed by atoms with Crippen molar-refractivity contribution in [2.75, 3.05) is 33.9 Å². The summed E-state index contributed by atoms with van der Waals surface area (Å²) in [6.45, 7) is 6.99.